The number of nitrogens with zero attached hydrogens (tertiary/aromatic N) is 10. The van der Waals surface area contributed by atoms with Gasteiger partial charge in [0.15, 0.2) is 0 Å². The Hall–Kier alpha value is -11.2. The number of aromatic nitrogens is 6. The van der Waals surface area contributed by atoms with Crippen LogP contribution in [-0.4, -0.2) is 90.9 Å². The van der Waals surface area contributed by atoms with Crippen molar-refractivity contribution in [3.05, 3.63) is 155 Å². The lowest BCUT2D eigenvalue weighted by Crippen LogP contribution is -2.49. The maximum Gasteiger partial charge on any atom is 0.408 e. The fourth-order valence-corrected chi connectivity index (χ4v) is 10.1. The van der Waals surface area contributed by atoms with Crippen LogP contribution in [0.1, 0.15) is 116 Å². The average Bonchev–Trinajstić information content (AvgIpc) is 1.54. The summed E-state index contributed by atoms with van der Waals surface area (Å²) in [6.45, 7) is 8.70. The predicted octanol–water partition coefficient (Wildman–Crippen LogP) is 14.5. The van der Waals surface area contributed by atoms with E-state index in [1.807, 2.05) is 12.1 Å². The van der Waals surface area contributed by atoms with E-state index in [2.05, 4.69) is 50.5 Å². The summed E-state index contributed by atoms with van der Waals surface area (Å²) < 4.78 is 175. The van der Waals surface area contributed by atoms with Gasteiger partial charge >= 0.3 is 25.4 Å². The Kier molecular flexibility index (Phi) is 20.7. The van der Waals surface area contributed by atoms with Gasteiger partial charge in [-0.3, -0.25) is 19.6 Å². The van der Waals surface area contributed by atoms with Gasteiger partial charge in [-0.25, -0.2) is 35.9 Å². The molecule has 524 valence electrons. The summed E-state index contributed by atoms with van der Waals surface area (Å²) in [4.78, 5) is 63.7. The largest absolute Gasteiger partial charge is 0.444 e. The highest BCUT2D eigenvalue weighted by molar-refractivity contribution is 6.02. The minimum absolute atomic E-state index is 0.133. The Morgan fingerprint density at radius 3 is 1.21 bits per heavy atom. The first-order valence-corrected chi connectivity index (χ1v) is 30.3. The minimum Gasteiger partial charge on any atom is -0.444 e. The van der Waals surface area contributed by atoms with E-state index in [-0.39, 0.29) is 47.7 Å². The van der Waals surface area contributed by atoms with E-state index in [1.54, 1.807) is 90.1 Å². The first-order chi connectivity index (χ1) is 46.7. The highest BCUT2D eigenvalue weighted by Gasteiger charge is 2.49. The molecule has 0 radical (unpaired) electrons. The van der Waals surface area contributed by atoms with Gasteiger partial charge in [-0.05, 0) is 129 Å². The van der Waals surface area contributed by atoms with Gasteiger partial charge in [-0.2, -0.15) is 28.1 Å². The lowest BCUT2D eigenvalue weighted by atomic mass is 9.96. The minimum atomic E-state index is -3.82. The van der Waals surface area contributed by atoms with E-state index >= 15 is 26.3 Å². The number of carbonyl (C=O) groups is 4. The summed E-state index contributed by atoms with van der Waals surface area (Å²) >= 11 is 0. The molecule has 32 heteroatoms. The van der Waals surface area contributed by atoms with Crippen molar-refractivity contribution in [2.45, 2.75) is 154 Å². The molecule has 0 aliphatic carbocycles. The number of pyridine rings is 2. The number of benzene rings is 4. The van der Waals surface area contributed by atoms with E-state index in [9.17, 15) is 47.3 Å². The van der Waals surface area contributed by atoms with Crippen molar-refractivity contribution in [2.24, 2.45) is 0 Å². The van der Waals surface area contributed by atoms with Gasteiger partial charge in [0.2, 0.25) is 23.6 Å². The molecule has 2 aliphatic heterocycles. The van der Waals surface area contributed by atoms with Crippen LogP contribution >= 0.6 is 0 Å². The number of fused-ring (bicyclic) bond motifs is 2. The molecule has 4 aromatic heterocycles. The van der Waals surface area contributed by atoms with Crippen LogP contribution in [0.5, 0.6) is 11.5 Å². The number of rotatable bonds is 16. The van der Waals surface area contributed by atoms with Crippen molar-refractivity contribution in [3.63, 3.8) is 0 Å². The Morgan fingerprint density at radius 2 is 0.910 bits per heavy atom. The number of carbonyl (C=O) groups excluding carboxylic acids is 4. The number of anilines is 2. The SMILES string of the molecule is CC(C)(C)OC(=O)NC1CC(F)(F)c2cc(F)c(-c3nnc(C(C)(C)C#N)o3)cc2N(Cc2ccc(-c3ccc(OC(F)F)cn3)cc2)C1=O.CC(C)(C)OC(=O)N[C@@H]1CC(F)(F)c2cc(F)c(-c3nnc(C(C)(C)C#N)o3)cc2N(Cc2ccc(-c3ccc(OC(F)F)cn3)cc2)C1=O. The molecule has 2 atom stereocenters. The normalized spacial score (nSPS) is 16.0. The highest BCUT2D eigenvalue weighted by atomic mass is 19.3. The van der Waals surface area contributed by atoms with Crippen molar-refractivity contribution in [3.8, 4) is 69.1 Å². The summed E-state index contributed by atoms with van der Waals surface area (Å²) in [6.07, 6.45) is -2.36. The second kappa shape index (κ2) is 28.3. The summed E-state index contributed by atoms with van der Waals surface area (Å²) in [5.74, 6) is -13.2. The molecule has 0 saturated carbocycles. The third-order valence-electron chi connectivity index (χ3n) is 15.0. The fraction of sp³-hybridized carbons (Fsp3) is 0.353. The number of ether oxygens (including phenoxy) is 4. The molecule has 100 heavy (non-hydrogen) atoms. The van der Waals surface area contributed by atoms with Gasteiger partial charge < -0.3 is 48.2 Å². The van der Waals surface area contributed by atoms with Crippen LogP contribution in [0.2, 0.25) is 0 Å². The van der Waals surface area contributed by atoms with E-state index in [4.69, 9.17) is 18.3 Å². The smallest absolute Gasteiger partial charge is 0.408 e. The lowest BCUT2D eigenvalue weighted by Gasteiger charge is -2.27. The van der Waals surface area contributed by atoms with E-state index in [0.29, 0.717) is 45.8 Å². The Balaban J connectivity index is 0.000000233. The number of nitrogens with one attached hydrogen (secondary N) is 2. The van der Waals surface area contributed by atoms with Crippen LogP contribution in [0.15, 0.2) is 118 Å². The van der Waals surface area contributed by atoms with Crippen molar-refractivity contribution in [2.75, 3.05) is 9.80 Å². The first-order valence-electron chi connectivity index (χ1n) is 30.3. The number of hydrogen-bond donors (Lipinski definition) is 2. The standard InChI is InChI=1S/2C34H31F5N6O5/c2*1-32(2,3)50-31(47)42-25-14-34(38,39)22-13-23(35)21(27-43-44-29(49-27)33(4,5)17-40)12-26(22)45(28(25)46)16-18-6-8-19(9-7-18)24-11-10-20(15-41-24)48-30(36)37/h2*6-13,15,25,30H,14,16H2,1-5H3,(H,42,47)/t25-;/m1./s1. The molecular weight excluding hydrogens is 1330 g/mol. The third kappa shape index (κ3) is 17.2. The average molecular weight is 1400 g/mol. The maximum atomic E-state index is 16.0. The molecule has 8 aromatic rings. The molecule has 0 spiro atoms. The van der Waals surface area contributed by atoms with Gasteiger partial charge in [0.1, 0.15) is 57.2 Å². The van der Waals surface area contributed by atoms with Gasteiger partial charge in [0.25, 0.3) is 23.6 Å². The second-order valence-corrected chi connectivity index (χ2v) is 26.0. The van der Waals surface area contributed by atoms with Crippen molar-refractivity contribution in [1.29, 1.82) is 10.5 Å². The van der Waals surface area contributed by atoms with Gasteiger partial charge in [0, 0.05) is 35.1 Å². The fourth-order valence-electron chi connectivity index (χ4n) is 10.1. The van der Waals surface area contributed by atoms with E-state index in [0.717, 1.165) is 34.3 Å². The number of alkyl carbamates (subject to hydrolysis) is 2. The summed E-state index contributed by atoms with van der Waals surface area (Å²) in [5.41, 5.74) is -4.89. The molecule has 22 nitrogen and oxygen atoms in total. The molecule has 0 bridgehead atoms. The second-order valence-electron chi connectivity index (χ2n) is 26.0. The number of alkyl halides is 8. The van der Waals surface area contributed by atoms with Crippen molar-refractivity contribution in [1.82, 2.24) is 41.0 Å². The zero-order valence-electron chi connectivity index (χ0n) is 54.9. The summed E-state index contributed by atoms with van der Waals surface area (Å²) in [6, 6.07) is 21.9. The van der Waals surface area contributed by atoms with Gasteiger partial charge in [-0.15, -0.1) is 20.4 Å². The van der Waals surface area contributed by atoms with Crippen molar-refractivity contribution >= 4 is 35.4 Å². The number of halogens is 10. The molecule has 0 saturated heterocycles. The topological polar surface area (TPSA) is 287 Å². The van der Waals surface area contributed by atoms with Crippen LogP contribution < -0.4 is 29.9 Å². The zero-order chi connectivity index (χ0) is 73.2. The zero-order valence-corrected chi connectivity index (χ0v) is 54.9. The predicted molar refractivity (Wildman–Crippen MR) is 335 cm³/mol. The quantitative estimate of drug-likeness (QED) is 0.0850. The molecule has 2 aliphatic rings. The van der Waals surface area contributed by atoms with Crippen LogP contribution in [0.4, 0.5) is 64.9 Å². The van der Waals surface area contributed by atoms with Crippen LogP contribution in [0.3, 0.4) is 0 Å². The number of hydrogen-bond acceptors (Lipinski definition) is 18. The molecule has 2 N–H and O–H groups in total. The first kappa shape index (κ1) is 73.1. The molecule has 4 aromatic carbocycles. The molecule has 4 amide bonds. The molecule has 1 unspecified atom stereocenters. The summed E-state index contributed by atoms with van der Waals surface area (Å²) in [7, 11) is 0. The number of amides is 4. The Labute approximate surface area is 564 Å². The molecule has 6 heterocycles. The number of nitriles is 2. The third-order valence-corrected chi connectivity index (χ3v) is 15.0. The van der Waals surface area contributed by atoms with Crippen LogP contribution in [0.25, 0.3) is 45.4 Å². The van der Waals surface area contributed by atoms with Gasteiger partial charge in [0.05, 0.1) is 71.5 Å². The summed E-state index contributed by atoms with van der Waals surface area (Å²) in [5, 5.41) is 38.7. The van der Waals surface area contributed by atoms with Gasteiger partial charge in [-0.1, -0.05) is 48.5 Å². The van der Waals surface area contributed by atoms with Crippen LogP contribution in [0, 0.1) is 34.3 Å². The van der Waals surface area contributed by atoms with E-state index < -0.39 is 142 Å². The van der Waals surface area contributed by atoms with Crippen molar-refractivity contribution < 1.29 is 90.9 Å². The monoisotopic (exact) mass is 1400 g/mol. The Morgan fingerprint density at radius 1 is 0.560 bits per heavy atom. The lowest BCUT2D eigenvalue weighted by molar-refractivity contribution is -0.123. The van der Waals surface area contributed by atoms with E-state index in [1.165, 1.54) is 52.0 Å². The molecule has 10 rings (SSSR count). The maximum absolute atomic E-state index is 16.0. The Bertz CT molecular complexity index is 4150. The molecular formula is C68H62F10N12O10. The van der Waals surface area contributed by atoms with Crippen LogP contribution in [-0.2, 0) is 54.8 Å². The highest BCUT2D eigenvalue weighted by Crippen LogP contribution is 2.48. The molecule has 0 fully saturated rings.